The highest BCUT2D eigenvalue weighted by atomic mass is 16.5. The average molecular weight is 437 g/mol. The van der Waals surface area contributed by atoms with Crippen LogP contribution in [0.5, 0.6) is 11.5 Å². The van der Waals surface area contributed by atoms with Gasteiger partial charge in [-0.15, -0.1) is 5.10 Å². The number of nitrogens with zero attached hydrogens (tertiary/aromatic N) is 5. The lowest BCUT2D eigenvalue weighted by atomic mass is 9.99. The van der Waals surface area contributed by atoms with Gasteiger partial charge in [-0.3, -0.25) is 0 Å². The molecule has 0 unspecified atom stereocenters. The maximum Gasteiger partial charge on any atom is 0.246 e. The molecular weight excluding hydrogens is 404 g/mol. The number of methoxy groups -OCH3 is 2. The molecule has 32 heavy (non-hydrogen) atoms. The van der Waals surface area contributed by atoms with Crippen molar-refractivity contribution in [2.45, 2.75) is 38.5 Å². The summed E-state index contributed by atoms with van der Waals surface area (Å²) in [5, 5.41) is 8.00. The highest BCUT2D eigenvalue weighted by molar-refractivity contribution is 5.61. The molecule has 1 aliphatic heterocycles. The Morgan fingerprint density at radius 1 is 1.00 bits per heavy atom. The lowest BCUT2D eigenvalue weighted by Crippen LogP contribution is -2.33. The van der Waals surface area contributed by atoms with Crippen molar-refractivity contribution in [3.8, 4) is 17.2 Å². The average Bonchev–Trinajstić information content (AvgIpc) is 3.58. The van der Waals surface area contributed by atoms with Crippen LogP contribution in [0.4, 0.5) is 17.5 Å². The number of pyridine rings is 1. The molecule has 0 bridgehead atoms. The first-order valence-corrected chi connectivity index (χ1v) is 11.3. The molecule has 5 rings (SSSR count). The van der Waals surface area contributed by atoms with Crippen LogP contribution in [-0.4, -0.2) is 47.1 Å². The predicted molar refractivity (Wildman–Crippen MR) is 127 cm³/mol. The molecule has 170 valence electrons. The Hall–Kier alpha value is -3.29. The summed E-state index contributed by atoms with van der Waals surface area (Å²) in [4.78, 5) is 11.9. The second-order valence-corrected chi connectivity index (χ2v) is 8.76. The molecule has 2 fully saturated rings. The topological polar surface area (TPSA) is 77.3 Å². The maximum absolute atomic E-state index is 5.41. The van der Waals surface area contributed by atoms with Crippen molar-refractivity contribution in [2.24, 2.45) is 5.92 Å². The number of anilines is 3. The molecule has 2 aliphatic rings. The number of aromatic nitrogens is 4. The number of nitrogens with one attached hydrogen (secondary N) is 1. The zero-order valence-electron chi connectivity index (χ0n) is 18.9. The lowest BCUT2D eigenvalue weighted by molar-refractivity contribution is 0.354. The number of benzene rings is 1. The van der Waals surface area contributed by atoms with Gasteiger partial charge >= 0.3 is 0 Å². The van der Waals surface area contributed by atoms with Gasteiger partial charge in [0.15, 0.2) is 11.5 Å². The molecule has 3 aromatic rings. The third kappa shape index (κ3) is 4.35. The van der Waals surface area contributed by atoms with Crippen molar-refractivity contribution in [1.82, 2.24) is 19.7 Å². The van der Waals surface area contributed by atoms with Gasteiger partial charge in [0.05, 0.1) is 19.9 Å². The molecule has 2 aromatic heterocycles. The smallest absolute Gasteiger partial charge is 0.246 e. The number of piperidine rings is 1. The van der Waals surface area contributed by atoms with Crippen LogP contribution in [0.25, 0.3) is 5.69 Å². The zero-order valence-corrected chi connectivity index (χ0v) is 18.9. The van der Waals surface area contributed by atoms with Gasteiger partial charge in [-0.25, -0.2) is 9.67 Å². The zero-order chi connectivity index (χ0) is 22.1. The first-order chi connectivity index (χ1) is 15.6. The van der Waals surface area contributed by atoms with Crippen molar-refractivity contribution in [2.75, 3.05) is 37.5 Å². The van der Waals surface area contributed by atoms with E-state index in [-0.39, 0.29) is 1.43 Å². The van der Waals surface area contributed by atoms with Crippen molar-refractivity contribution in [1.29, 1.82) is 0 Å². The normalized spacial score (nSPS) is 16.8. The van der Waals surface area contributed by atoms with E-state index < -0.39 is 0 Å². The summed E-state index contributed by atoms with van der Waals surface area (Å²) in [5.41, 5.74) is 3.00. The van der Waals surface area contributed by atoms with Gasteiger partial charge in [-0.2, -0.15) is 4.98 Å². The predicted octanol–water partition coefficient (Wildman–Crippen LogP) is 4.78. The number of hydrogen-bond donors (Lipinski definition) is 1. The summed E-state index contributed by atoms with van der Waals surface area (Å²) in [6.07, 6.45) is 6.57. The number of rotatable bonds is 7. The van der Waals surface area contributed by atoms with Gasteiger partial charge < -0.3 is 19.7 Å². The van der Waals surface area contributed by atoms with Crippen LogP contribution in [0.15, 0.2) is 36.7 Å². The van der Waals surface area contributed by atoms with Crippen LogP contribution in [0.2, 0.25) is 0 Å². The molecule has 8 nitrogen and oxygen atoms in total. The van der Waals surface area contributed by atoms with E-state index in [2.05, 4.69) is 39.4 Å². The van der Waals surface area contributed by atoms with Gasteiger partial charge in [0.1, 0.15) is 12.1 Å². The molecule has 3 heterocycles. The van der Waals surface area contributed by atoms with Gasteiger partial charge in [0, 0.05) is 43.9 Å². The minimum absolute atomic E-state index is 0. The standard InChI is InChI=1S/C24H30N6O2.H2/c1-16-8-10-29(11-9-16)23-13-18(12-20(27-23)17-4-5-17)26-24-25-15-30(28-24)19-6-7-21(31-2)22(14-19)32-3;/h6-7,12-17H,4-5,8-11H2,1-3H3,(H,26,27,28);1H. The summed E-state index contributed by atoms with van der Waals surface area (Å²) in [6.45, 7) is 4.46. The molecule has 0 radical (unpaired) electrons. The maximum atomic E-state index is 5.41. The van der Waals surface area contributed by atoms with Crippen LogP contribution in [0, 0.1) is 5.92 Å². The molecule has 0 atom stereocenters. The summed E-state index contributed by atoms with van der Waals surface area (Å²) < 4.78 is 12.4. The third-order valence-corrected chi connectivity index (χ3v) is 6.31. The molecule has 8 heteroatoms. The molecule has 1 aromatic carbocycles. The van der Waals surface area contributed by atoms with E-state index in [1.807, 2.05) is 18.2 Å². The molecule has 1 N–H and O–H groups in total. The fourth-order valence-electron chi connectivity index (χ4n) is 4.14. The first-order valence-electron chi connectivity index (χ1n) is 11.3. The van der Waals surface area contributed by atoms with Gasteiger partial charge in [-0.05, 0) is 49.8 Å². The Labute approximate surface area is 190 Å². The first kappa shape index (κ1) is 20.6. The number of ether oxygens (including phenoxy) is 2. The fourth-order valence-corrected chi connectivity index (χ4v) is 4.14. The molecule has 0 amide bonds. The third-order valence-electron chi connectivity index (χ3n) is 6.31. The summed E-state index contributed by atoms with van der Waals surface area (Å²) >= 11 is 0. The van der Waals surface area contributed by atoms with E-state index in [0.717, 1.165) is 36.2 Å². The fraction of sp³-hybridized carbons (Fsp3) is 0.458. The highest BCUT2D eigenvalue weighted by Gasteiger charge is 2.27. The quantitative estimate of drug-likeness (QED) is 0.571. The van der Waals surface area contributed by atoms with E-state index in [1.165, 1.54) is 31.4 Å². The monoisotopic (exact) mass is 436 g/mol. The van der Waals surface area contributed by atoms with Crippen molar-refractivity contribution >= 4 is 17.5 Å². The largest absolute Gasteiger partial charge is 0.493 e. The Morgan fingerprint density at radius 3 is 2.50 bits per heavy atom. The van der Waals surface area contributed by atoms with Gasteiger partial charge in [0.25, 0.3) is 0 Å². The van der Waals surface area contributed by atoms with Crippen LogP contribution >= 0.6 is 0 Å². The SMILES string of the molecule is COc1ccc(-n2cnc(Nc3cc(C4CC4)nc(N4CCC(C)CC4)c3)n2)cc1OC.[HH]. The van der Waals surface area contributed by atoms with E-state index in [9.17, 15) is 0 Å². The van der Waals surface area contributed by atoms with Gasteiger partial charge in [0.2, 0.25) is 5.95 Å². The second-order valence-electron chi connectivity index (χ2n) is 8.76. The molecule has 1 saturated carbocycles. The van der Waals surface area contributed by atoms with Crippen molar-refractivity contribution in [3.63, 3.8) is 0 Å². The minimum Gasteiger partial charge on any atom is -0.493 e. The van der Waals surface area contributed by atoms with E-state index in [4.69, 9.17) is 14.5 Å². The van der Waals surface area contributed by atoms with E-state index in [0.29, 0.717) is 23.4 Å². The molecule has 0 spiro atoms. The summed E-state index contributed by atoms with van der Waals surface area (Å²) in [6, 6.07) is 9.93. The number of hydrogen-bond acceptors (Lipinski definition) is 7. The Kier molecular flexibility index (Phi) is 5.59. The summed E-state index contributed by atoms with van der Waals surface area (Å²) in [5.74, 6) is 4.31. The Bertz CT molecular complexity index is 1090. The van der Waals surface area contributed by atoms with Crippen molar-refractivity contribution in [3.05, 3.63) is 42.4 Å². The molecular formula is C24H32N6O2. The second kappa shape index (κ2) is 8.68. The Morgan fingerprint density at radius 2 is 1.78 bits per heavy atom. The minimum atomic E-state index is 0. The van der Waals surface area contributed by atoms with Gasteiger partial charge in [-0.1, -0.05) is 6.92 Å². The van der Waals surface area contributed by atoms with E-state index in [1.54, 1.807) is 25.2 Å². The lowest BCUT2D eigenvalue weighted by Gasteiger charge is -2.31. The van der Waals surface area contributed by atoms with Crippen LogP contribution in [-0.2, 0) is 0 Å². The van der Waals surface area contributed by atoms with E-state index >= 15 is 0 Å². The summed E-state index contributed by atoms with van der Waals surface area (Å²) in [7, 11) is 3.25. The highest BCUT2D eigenvalue weighted by Crippen LogP contribution is 2.41. The molecule has 1 saturated heterocycles. The van der Waals surface area contributed by atoms with Crippen LogP contribution in [0.3, 0.4) is 0 Å². The Balaban J connectivity index is 0.00000259. The molecule has 1 aliphatic carbocycles. The van der Waals surface area contributed by atoms with Crippen LogP contribution in [0.1, 0.15) is 45.6 Å². The van der Waals surface area contributed by atoms with Crippen LogP contribution < -0.4 is 19.7 Å². The van der Waals surface area contributed by atoms with Crippen molar-refractivity contribution < 1.29 is 10.9 Å².